The van der Waals surface area contributed by atoms with Gasteiger partial charge in [0.1, 0.15) is 4.90 Å². The molecule has 20 heavy (non-hydrogen) atoms. The van der Waals surface area contributed by atoms with Crippen molar-refractivity contribution < 1.29 is 8.42 Å². The van der Waals surface area contributed by atoms with Crippen LogP contribution in [0.4, 0.5) is 0 Å². The number of nitrogens with one attached hydrogen (secondary N) is 1. The lowest BCUT2D eigenvalue weighted by Gasteiger charge is -2.40. The first-order valence-corrected chi connectivity index (χ1v) is 8.88. The summed E-state index contributed by atoms with van der Waals surface area (Å²) in [6.07, 6.45) is 1.06. The van der Waals surface area contributed by atoms with Gasteiger partial charge in [0.15, 0.2) is 0 Å². The van der Waals surface area contributed by atoms with Gasteiger partial charge in [-0.15, -0.1) is 11.6 Å². The summed E-state index contributed by atoms with van der Waals surface area (Å²) in [7, 11) is -3.55. The van der Waals surface area contributed by atoms with E-state index in [0.29, 0.717) is 29.8 Å². The molecule has 3 atom stereocenters. The number of piperidine rings is 1. The highest BCUT2D eigenvalue weighted by Gasteiger charge is 2.39. The van der Waals surface area contributed by atoms with Gasteiger partial charge in [-0.1, -0.05) is 13.8 Å². The summed E-state index contributed by atoms with van der Waals surface area (Å²) < 4.78 is 27.5. The predicted molar refractivity (Wildman–Crippen MR) is 79.2 cm³/mol. The fourth-order valence-corrected chi connectivity index (χ4v) is 5.45. The molecule has 5 nitrogen and oxygen atoms in total. The third-order valence-corrected chi connectivity index (χ3v) is 6.61. The van der Waals surface area contributed by atoms with Crippen molar-refractivity contribution >= 4 is 21.6 Å². The standard InChI is InChI=1S/C13H22ClN3O2S/c1-8-5-9(2)11(4)17(7-8)20(18,19)13-10(3)15-16-12(13)6-14/h8-9,11H,5-7H2,1-4H3,(H,15,16). The molecule has 0 aromatic carbocycles. The van der Waals surface area contributed by atoms with Crippen LogP contribution in [-0.4, -0.2) is 35.5 Å². The number of H-pyrrole nitrogens is 1. The Balaban J connectivity index is 2.46. The summed E-state index contributed by atoms with van der Waals surface area (Å²) in [5, 5.41) is 6.73. The highest BCUT2D eigenvalue weighted by atomic mass is 35.5. The SMILES string of the molecule is Cc1[nH]nc(CCl)c1S(=O)(=O)N1CC(C)CC(C)C1C. The quantitative estimate of drug-likeness (QED) is 0.871. The van der Waals surface area contributed by atoms with E-state index in [0.717, 1.165) is 6.42 Å². The van der Waals surface area contributed by atoms with E-state index in [1.165, 1.54) is 0 Å². The van der Waals surface area contributed by atoms with Crippen LogP contribution in [0, 0.1) is 18.8 Å². The van der Waals surface area contributed by atoms with Crippen molar-refractivity contribution in [3.63, 3.8) is 0 Å². The van der Waals surface area contributed by atoms with Crippen LogP contribution < -0.4 is 0 Å². The van der Waals surface area contributed by atoms with Crippen LogP contribution in [0.2, 0.25) is 0 Å². The molecule has 1 aliphatic rings. The number of aryl methyl sites for hydroxylation is 1. The molecule has 1 aromatic rings. The van der Waals surface area contributed by atoms with Crippen LogP contribution in [0.25, 0.3) is 0 Å². The molecular formula is C13H22ClN3O2S. The normalized spacial score (nSPS) is 28.8. The van der Waals surface area contributed by atoms with E-state index >= 15 is 0 Å². The molecule has 2 rings (SSSR count). The van der Waals surface area contributed by atoms with E-state index in [2.05, 4.69) is 24.0 Å². The Hall–Kier alpha value is -0.590. The van der Waals surface area contributed by atoms with Crippen molar-refractivity contribution in [3.8, 4) is 0 Å². The number of aromatic amines is 1. The molecule has 1 fully saturated rings. The van der Waals surface area contributed by atoms with E-state index in [4.69, 9.17) is 11.6 Å². The molecule has 0 bridgehead atoms. The zero-order valence-corrected chi connectivity index (χ0v) is 13.9. The van der Waals surface area contributed by atoms with Gasteiger partial charge in [-0.25, -0.2) is 8.42 Å². The van der Waals surface area contributed by atoms with Crippen molar-refractivity contribution in [2.75, 3.05) is 6.54 Å². The monoisotopic (exact) mass is 319 g/mol. The molecule has 0 radical (unpaired) electrons. The third-order valence-electron chi connectivity index (χ3n) is 4.20. The van der Waals surface area contributed by atoms with Crippen molar-refractivity contribution in [3.05, 3.63) is 11.4 Å². The fourth-order valence-electron chi connectivity index (χ4n) is 3.00. The molecule has 0 saturated carbocycles. The zero-order chi connectivity index (χ0) is 15.1. The number of rotatable bonds is 3. The van der Waals surface area contributed by atoms with Gasteiger partial charge in [0.05, 0.1) is 17.3 Å². The molecule has 0 aliphatic carbocycles. The van der Waals surface area contributed by atoms with Crippen molar-refractivity contribution in [2.24, 2.45) is 11.8 Å². The second kappa shape index (κ2) is 5.66. The zero-order valence-electron chi connectivity index (χ0n) is 12.4. The maximum absolute atomic E-state index is 13.0. The van der Waals surface area contributed by atoms with E-state index in [1.807, 2.05) is 6.92 Å². The van der Waals surface area contributed by atoms with Crippen LogP contribution >= 0.6 is 11.6 Å². The Morgan fingerprint density at radius 3 is 2.65 bits per heavy atom. The van der Waals surface area contributed by atoms with Crippen LogP contribution in [0.3, 0.4) is 0 Å². The minimum atomic E-state index is -3.55. The summed E-state index contributed by atoms with van der Waals surface area (Å²) in [4.78, 5) is 0.251. The largest absolute Gasteiger partial charge is 0.281 e. The van der Waals surface area contributed by atoms with E-state index in [9.17, 15) is 8.42 Å². The maximum Gasteiger partial charge on any atom is 0.247 e. The molecule has 114 valence electrons. The summed E-state index contributed by atoms with van der Waals surface area (Å²) in [6, 6.07) is -0.00586. The molecule has 2 heterocycles. The lowest BCUT2D eigenvalue weighted by atomic mass is 9.88. The summed E-state index contributed by atoms with van der Waals surface area (Å²) >= 11 is 5.82. The molecule has 1 saturated heterocycles. The number of nitrogens with zero attached hydrogens (tertiary/aromatic N) is 2. The Bertz CT molecular complexity index is 584. The second-order valence-corrected chi connectivity index (χ2v) is 7.99. The molecule has 0 amide bonds. The Morgan fingerprint density at radius 2 is 2.05 bits per heavy atom. The van der Waals surface area contributed by atoms with Gasteiger partial charge in [0.25, 0.3) is 0 Å². The molecule has 3 unspecified atom stereocenters. The molecule has 1 aliphatic heterocycles. The highest BCUT2D eigenvalue weighted by Crippen LogP contribution is 2.33. The van der Waals surface area contributed by atoms with Crippen molar-refractivity contribution in [1.82, 2.24) is 14.5 Å². The van der Waals surface area contributed by atoms with Crippen LogP contribution in [-0.2, 0) is 15.9 Å². The number of hydrogen-bond acceptors (Lipinski definition) is 3. The minimum absolute atomic E-state index is 0.00586. The molecule has 0 spiro atoms. The van der Waals surface area contributed by atoms with Crippen molar-refractivity contribution in [2.45, 2.75) is 50.9 Å². The lowest BCUT2D eigenvalue weighted by Crippen LogP contribution is -2.48. The average Bonchev–Trinajstić information content (AvgIpc) is 2.75. The third kappa shape index (κ3) is 2.61. The van der Waals surface area contributed by atoms with Crippen LogP contribution in [0.1, 0.15) is 38.6 Å². The first-order chi connectivity index (χ1) is 9.28. The summed E-state index contributed by atoms with van der Waals surface area (Å²) in [6.45, 7) is 8.45. The van der Waals surface area contributed by atoms with Gasteiger partial charge in [-0.3, -0.25) is 5.10 Å². The topological polar surface area (TPSA) is 66.1 Å². The fraction of sp³-hybridized carbons (Fsp3) is 0.769. The number of halogens is 1. The van der Waals surface area contributed by atoms with Crippen molar-refractivity contribution in [1.29, 1.82) is 0 Å². The summed E-state index contributed by atoms with van der Waals surface area (Å²) in [5.41, 5.74) is 0.959. The number of alkyl halides is 1. The van der Waals surface area contributed by atoms with Crippen LogP contribution in [0.15, 0.2) is 4.90 Å². The van der Waals surface area contributed by atoms with E-state index in [1.54, 1.807) is 11.2 Å². The van der Waals surface area contributed by atoms with Gasteiger partial charge in [0.2, 0.25) is 10.0 Å². The van der Waals surface area contributed by atoms with E-state index < -0.39 is 10.0 Å². The molecule has 1 N–H and O–H groups in total. The number of sulfonamides is 1. The average molecular weight is 320 g/mol. The predicted octanol–water partition coefficient (Wildman–Crippen LogP) is 2.51. The van der Waals surface area contributed by atoms with Gasteiger partial charge < -0.3 is 0 Å². The maximum atomic E-state index is 13.0. The summed E-state index contributed by atoms with van der Waals surface area (Å²) in [5.74, 6) is 0.800. The van der Waals surface area contributed by atoms with Gasteiger partial charge in [0, 0.05) is 12.6 Å². The molecule has 1 aromatic heterocycles. The Labute approximate surface area is 125 Å². The lowest BCUT2D eigenvalue weighted by molar-refractivity contribution is 0.157. The number of aromatic nitrogens is 2. The minimum Gasteiger partial charge on any atom is -0.281 e. The second-order valence-electron chi connectivity index (χ2n) is 5.89. The number of hydrogen-bond donors (Lipinski definition) is 1. The Morgan fingerprint density at radius 1 is 1.40 bits per heavy atom. The smallest absolute Gasteiger partial charge is 0.247 e. The molecule has 7 heteroatoms. The first kappa shape index (κ1) is 15.8. The van der Waals surface area contributed by atoms with Gasteiger partial charge in [-0.05, 0) is 32.1 Å². The first-order valence-electron chi connectivity index (χ1n) is 6.90. The van der Waals surface area contributed by atoms with E-state index in [-0.39, 0.29) is 16.8 Å². The van der Waals surface area contributed by atoms with Crippen LogP contribution in [0.5, 0.6) is 0 Å². The molecular weight excluding hydrogens is 298 g/mol. The highest BCUT2D eigenvalue weighted by molar-refractivity contribution is 7.89. The Kier molecular flexibility index (Phi) is 4.47. The van der Waals surface area contributed by atoms with Gasteiger partial charge >= 0.3 is 0 Å². The van der Waals surface area contributed by atoms with Gasteiger partial charge in [-0.2, -0.15) is 9.40 Å².